The molecule has 1 aliphatic heterocycles. The highest BCUT2D eigenvalue weighted by Crippen LogP contribution is 2.07. The van der Waals surface area contributed by atoms with E-state index in [4.69, 9.17) is 5.11 Å². The monoisotopic (exact) mass is 219 g/mol. The molecule has 0 aromatic carbocycles. The van der Waals surface area contributed by atoms with E-state index in [1.165, 1.54) is 0 Å². The number of aliphatic hydroxyl groups excluding tert-OH is 1. The van der Waals surface area contributed by atoms with E-state index in [1.54, 1.807) is 0 Å². The zero-order valence-electron chi connectivity index (χ0n) is 8.13. The first-order valence-corrected chi connectivity index (χ1v) is 5.62. The fraction of sp³-hybridized carbons (Fsp3) is 0.750. The van der Waals surface area contributed by atoms with Crippen LogP contribution < -0.4 is 0 Å². The molecule has 0 aromatic heterocycles. The second-order valence-corrected chi connectivity index (χ2v) is 4.43. The molecule has 82 valence electrons. The van der Waals surface area contributed by atoms with Gasteiger partial charge in [-0.3, -0.25) is 4.21 Å². The lowest BCUT2D eigenvalue weighted by Gasteiger charge is -2.19. The van der Waals surface area contributed by atoms with Gasteiger partial charge >= 0.3 is 0 Å². The van der Waals surface area contributed by atoms with Crippen LogP contribution in [-0.4, -0.2) is 49.4 Å². The predicted octanol–water partition coefficient (Wildman–Crippen LogP) is -0.360. The van der Waals surface area contributed by atoms with E-state index in [0.29, 0.717) is 12.8 Å². The number of nitrogens with zero attached hydrogens (tertiary/aromatic N) is 2. The van der Waals surface area contributed by atoms with Crippen LogP contribution in [0.15, 0.2) is 12.4 Å². The minimum atomic E-state index is -2.36. The molecule has 2 atom stereocenters. The molecular weight excluding hydrogens is 204 g/mol. The average Bonchev–Trinajstić information content (AvgIpc) is 2.51. The largest absolute Gasteiger partial charge is 0.770 e. The van der Waals surface area contributed by atoms with Gasteiger partial charge in [0.2, 0.25) is 0 Å². The van der Waals surface area contributed by atoms with Gasteiger partial charge in [0.15, 0.2) is 0 Å². The first-order valence-electron chi connectivity index (χ1n) is 4.48. The van der Waals surface area contributed by atoms with Gasteiger partial charge in [-0.15, -0.1) is 0 Å². The first kappa shape index (κ1) is 11.5. The molecule has 14 heavy (non-hydrogen) atoms. The molecule has 0 amide bonds. The van der Waals surface area contributed by atoms with Crippen molar-refractivity contribution in [1.82, 2.24) is 9.80 Å². The minimum Gasteiger partial charge on any atom is -0.770 e. The normalized spacial score (nSPS) is 20.2. The quantitative estimate of drug-likeness (QED) is 0.640. The Kier molecular flexibility index (Phi) is 4.37. The van der Waals surface area contributed by atoms with E-state index in [2.05, 4.69) is 4.90 Å². The molecule has 0 fully saturated rings. The lowest BCUT2D eigenvalue weighted by atomic mass is 10.3. The summed E-state index contributed by atoms with van der Waals surface area (Å²) >= 11 is -2.36. The molecule has 2 unspecified atom stereocenters. The standard InChI is InChI=1S/C8H16N2O3S/c1-9-5-6-10(7-9)4-2-3-8(11)14(12)13/h5-6,8,11H,2-4,7H2,1H3,(H,12,13)/p-1. The van der Waals surface area contributed by atoms with E-state index < -0.39 is 16.5 Å². The van der Waals surface area contributed by atoms with Crippen LogP contribution in [0.5, 0.6) is 0 Å². The topological polar surface area (TPSA) is 66.8 Å². The molecule has 0 saturated heterocycles. The fourth-order valence-corrected chi connectivity index (χ4v) is 1.66. The van der Waals surface area contributed by atoms with Crippen molar-refractivity contribution in [1.29, 1.82) is 0 Å². The minimum absolute atomic E-state index is 0.296. The lowest BCUT2D eigenvalue weighted by Crippen LogP contribution is -2.24. The summed E-state index contributed by atoms with van der Waals surface area (Å²) in [5.41, 5.74) is -1.22. The molecule has 0 aromatic rings. The number of rotatable bonds is 5. The third-order valence-electron chi connectivity index (χ3n) is 2.06. The fourth-order valence-electron chi connectivity index (χ4n) is 1.30. The molecule has 1 aliphatic rings. The summed E-state index contributed by atoms with van der Waals surface area (Å²) in [7, 11) is 1.97. The van der Waals surface area contributed by atoms with Gasteiger partial charge in [0.05, 0.1) is 6.67 Å². The summed E-state index contributed by atoms with van der Waals surface area (Å²) in [6.07, 6.45) is 4.89. The zero-order valence-corrected chi connectivity index (χ0v) is 8.94. The number of hydrogen-bond acceptors (Lipinski definition) is 5. The molecule has 1 N–H and O–H groups in total. The Labute approximate surface area is 86.3 Å². The van der Waals surface area contributed by atoms with E-state index in [9.17, 15) is 8.76 Å². The van der Waals surface area contributed by atoms with Crippen molar-refractivity contribution >= 4 is 11.1 Å². The summed E-state index contributed by atoms with van der Waals surface area (Å²) < 4.78 is 20.6. The van der Waals surface area contributed by atoms with Crippen molar-refractivity contribution in [2.24, 2.45) is 0 Å². The number of hydrogen-bond donors (Lipinski definition) is 1. The van der Waals surface area contributed by atoms with Gasteiger partial charge in [-0.1, -0.05) is 0 Å². The Hall–Kier alpha value is -0.590. The molecule has 6 heteroatoms. The summed E-state index contributed by atoms with van der Waals surface area (Å²) in [5, 5.41) is 8.99. The van der Waals surface area contributed by atoms with Gasteiger partial charge in [0.1, 0.15) is 5.44 Å². The van der Waals surface area contributed by atoms with Crippen LogP contribution in [0.4, 0.5) is 0 Å². The van der Waals surface area contributed by atoms with Crippen molar-refractivity contribution in [3.8, 4) is 0 Å². The predicted molar refractivity (Wildman–Crippen MR) is 52.6 cm³/mol. The Balaban J connectivity index is 2.10. The van der Waals surface area contributed by atoms with Crippen LogP contribution in [0, 0.1) is 0 Å². The highest BCUT2D eigenvalue weighted by molar-refractivity contribution is 7.79. The highest BCUT2D eigenvalue weighted by atomic mass is 32.2. The van der Waals surface area contributed by atoms with Gasteiger partial charge in [-0.25, -0.2) is 0 Å². The first-order chi connectivity index (χ1) is 6.59. The van der Waals surface area contributed by atoms with E-state index >= 15 is 0 Å². The number of aliphatic hydroxyl groups is 1. The highest BCUT2D eigenvalue weighted by Gasteiger charge is 2.09. The molecule has 0 aliphatic carbocycles. The maximum absolute atomic E-state index is 10.3. The second kappa shape index (κ2) is 5.33. The Bertz CT molecular complexity index is 235. The Morgan fingerprint density at radius 1 is 1.64 bits per heavy atom. The molecule has 1 rings (SSSR count). The molecular formula is C8H15N2O3S-. The third kappa shape index (κ3) is 3.65. The Morgan fingerprint density at radius 3 is 2.86 bits per heavy atom. The molecule has 1 heterocycles. The maximum Gasteiger partial charge on any atom is 0.116 e. The van der Waals surface area contributed by atoms with E-state index in [1.807, 2.05) is 24.3 Å². The molecule has 0 radical (unpaired) electrons. The Morgan fingerprint density at radius 2 is 2.36 bits per heavy atom. The summed E-state index contributed by atoms with van der Waals surface area (Å²) in [6, 6.07) is 0. The van der Waals surface area contributed by atoms with Crippen LogP contribution in [0.25, 0.3) is 0 Å². The summed E-state index contributed by atoms with van der Waals surface area (Å²) in [5.74, 6) is 0. The second-order valence-electron chi connectivity index (χ2n) is 3.37. The average molecular weight is 219 g/mol. The van der Waals surface area contributed by atoms with Crippen LogP contribution in [0.3, 0.4) is 0 Å². The van der Waals surface area contributed by atoms with Crippen molar-refractivity contribution in [2.75, 3.05) is 20.3 Å². The molecule has 0 spiro atoms. The third-order valence-corrected chi connectivity index (χ3v) is 2.74. The summed E-state index contributed by atoms with van der Waals surface area (Å²) in [6.45, 7) is 1.60. The van der Waals surface area contributed by atoms with Gasteiger partial charge in [-0.05, 0) is 23.9 Å². The van der Waals surface area contributed by atoms with Crippen LogP contribution >= 0.6 is 0 Å². The van der Waals surface area contributed by atoms with Crippen LogP contribution in [-0.2, 0) is 11.1 Å². The SMILES string of the molecule is CN1C=CN(CCCC(O)S(=O)[O-])C1. The zero-order chi connectivity index (χ0) is 10.6. The van der Waals surface area contributed by atoms with E-state index in [-0.39, 0.29) is 0 Å². The van der Waals surface area contributed by atoms with Crippen molar-refractivity contribution in [3.63, 3.8) is 0 Å². The van der Waals surface area contributed by atoms with Crippen molar-refractivity contribution in [2.45, 2.75) is 18.3 Å². The van der Waals surface area contributed by atoms with Gasteiger partial charge < -0.3 is 19.5 Å². The van der Waals surface area contributed by atoms with Gasteiger partial charge in [0.25, 0.3) is 0 Å². The van der Waals surface area contributed by atoms with Crippen LogP contribution in [0.2, 0.25) is 0 Å². The van der Waals surface area contributed by atoms with Crippen LogP contribution in [0.1, 0.15) is 12.8 Å². The summed E-state index contributed by atoms with van der Waals surface area (Å²) in [4.78, 5) is 4.10. The maximum atomic E-state index is 10.3. The smallest absolute Gasteiger partial charge is 0.116 e. The molecule has 0 bridgehead atoms. The molecule has 5 nitrogen and oxygen atoms in total. The van der Waals surface area contributed by atoms with E-state index in [0.717, 1.165) is 13.2 Å². The molecule has 0 saturated carbocycles. The lowest BCUT2D eigenvalue weighted by molar-refractivity contribution is 0.218. The van der Waals surface area contributed by atoms with Crippen molar-refractivity contribution in [3.05, 3.63) is 12.4 Å². The van der Waals surface area contributed by atoms with Gasteiger partial charge in [0, 0.05) is 26.0 Å². The van der Waals surface area contributed by atoms with Crippen molar-refractivity contribution < 1.29 is 13.9 Å². The van der Waals surface area contributed by atoms with Gasteiger partial charge in [-0.2, -0.15) is 0 Å².